The van der Waals surface area contributed by atoms with Crippen LogP contribution in [0.15, 0.2) is 18.6 Å². The average molecular weight is 292 g/mol. The Labute approximate surface area is 120 Å². The number of aromatic nitrogens is 4. The van der Waals surface area contributed by atoms with E-state index in [-0.39, 0.29) is 11.6 Å². The van der Waals surface area contributed by atoms with Crippen LogP contribution in [0.25, 0.3) is 0 Å². The third-order valence-corrected chi connectivity index (χ3v) is 3.17. The number of nitrogens with one attached hydrogen (secondary N) is 1. The van der Waals surface area contributed by atoms with Gasteiger partial charge in [0.05, 0.1) is 16.3 Å². The van der Waals surface area contributed by atoms with Crippen molar-refractivity contribution in [3.05, 3.63) is 34.4 Å². The van der Waals surface area contributed by atoms with Gasteiger partial charge in [-0.15, -0.1) is 0 Å². The molecule has 0 radical (unpaired) electrons. The number of aryl methyl sites for hydroxylation is 2. The van der Waals surface area contributed by atoms with Crippen LogP contribution < -0.4 is 5.32 Å². The van der Waals surface area contributed by atoms with E-state index in [9.17, 15) is 14.9 Å². The van der Waals surface area contributed by atoms with Gasteiger partial charge in [0.1, 0.15) is 17.9 Å². The van der Waals surface area contributed by atoms with E-state index in [1.165, 1.54) is 10.9 Å². The Hall–Kier alpha value is -2.71. The number of anilines is 1. The fraction of sp³-hybridized carbons (Fsp3) is 0.417. The minimum Gasteiger partial charge on any atom is -0.321 e. The van der Waals surface area contributed by atoms with Crippen molar-refractivity contribution in [1.29, 1.82) is 0 Å². The molecule has 0 atom stereocenters. The fourth-order valence-corrected chi connectivity index (χ4v) is 1.81. The highest BCUT2D eigenvalue weighted by atomic mass is 16.6. The Morgan fingerprint density at radius 1 is 1.43 bits per heavy atom. The second-order valence-electron chi connectivity index (χ2n) is 5.22. The minimum atomic E-state index is -1.07. The molecule has 112 valence electrons. The summed E-state index contributed by atoms with van der Waals surface area (Å²) in [6.45, 7) is 5.04. The van der Waals surface area contributed by atoms with Gasteiger partial charge in [-0.05, 0) is 20.8 Å². The molecule has 2 aromatic heterocycles. The van der Waals surface area contributed by atoms with Gasteiger partial charge in [0.15, 0.2) is 0 Å². The molecule has 0 bridgehead atoms. The molecule has 0 aliphatic carbocycles. The van der Waals surface area contributed by atoms with Gasteiger partial charge in [0.2, 0.25) is 0 Å². The molecular weight excluding hydrogens is 276 g/mol. The molecule has 0 aromatic carbocycles. The Morgan fingerprint density at radius 3 is 2.57 bits per heavy atom. The van der Waals surface area contributed by atoms with Crippen LogP contribution in [0, 0.1) is 17.0 Å². The maximum Gasteiger partial charge on any atom is 0.307 e. The summed E-state index contributed by atoms with van der Waals surface area (Å²) < 4.78 is 2.86. The van der Waals surface area contributed by atoms with Crippen molar-refractivity contribution in [2.75, 3.05) is 5.32 Å². The van der Waals surface area contributed by atoms with Crippen LogP contribution in [0.2, 0.25) is 0 Å². The zero-order valence-corrected chi connectivity index (χ0v) is 12.2. The molecule has 0 saturated carbocycles. The summed E-state index contributed by atoms with van der Waals surface area (Å²) >= 11 is 0. The Morgan fingerprint density at radius 2 is 2.10 bits per heavy atom. The van der Waals surface area contributed by atoms with Crippen molar-refractivity contribution in [3.8, 4) is 0 Å². The van der Waals surface area contributed by atoms with E-state index < -0.39 is 10.5 Å². The maximum absolute atomic E-state index is 12.4. The number of amides is 1. The van der Waals surface area contributed by atoms with E-state index in [1.807, 2.05) is 0 Å². The minimum absolute atomic E-state index is 0.159. The summed E-state index contributed by atoms with van der Waals surface area (Å²) in [6.07, 6.45) is 4.04. The molecule has 21 heavy (non-hydrogen) atoms. The second-order valence-corrected chi connectivity index (χ2v) is 5.22. The Kier molecular flexibility index (Phi) is 3.50. The predicted octanol–water partition coefficient (Wildman–Crippen LogP) is 1.21. The van der Waals surface area contributed by atoms with Crippen LogP contribution in [-0.2, 0) is 17.4 Å². The largest absolute Gasteiger partial charge is 0.321 e. The van der Waals surface area contributed by atoms with Gasteiger partial charge >= 0.3 is 5.69 Å². The van der Waals surface area contributed by atoms with Crippen molar-refractivity contribution in [2.24, 2.45) is 7.05 Å². The summed E-state index contributed by atoms with van der Waals surface area (Å²) in [7, 11) is 1.75. The molecule has 9 nitrogen and oxygen atoms in total. The van der Waals surface area contributed by atoms with Crippen LogP contribution >= 0.6 is 0 Å². The number of hydrogen-bond acceptors (Lipinski definition) is 5. The van der Waals surface area contributed by atoms with Crippen LogP contribution in [0.5, 0.6) is 0 Å². The van der Waals surface area contributed by atoms with E-state index in [1.54, 1.807) is 38.7 Å². The van der Waals surface area contributed by atoms with Gasteiger partial charge in [-0.1, -0.05) is 0 Å². The number of nitrogens with zero attached hydrogens (tertiary/aromatic N) is 5. The third kappa shape index (κ3) is 2.76. The zero-order chi connectivity index (χ0) is 15.8. The zero-order valence-electron chi connectivity index (χ0n) is 12.2. The lowest BCUT2D eigenvalue weighted by molar-refractivity contribution is -0.385. The molecule has 0 fully saturated rings. The fourth-order valence-electron chi connectivity index (χ4n) is 1.81. The predicted molar refractivity (Wildman–Crippen MR) is 74.8 cm³/mol. The molecule has 0 spiro atoms. The first kappa shape index (κ1) is 14.7. The molecule has 2 rings (SSSR count). The molecule has 2 heterocycles. The maximum atomic E-state index is 12.4. The Balaban J connectivity index is 2.23. The van der Waals surface area contributed by atoms with Gasteiger partial charge in [0, 0.05) is 13.2 Å². The lowest BCUT2D eigenvalue weighted by atomic mass is 10.1. The number of carbonyl (C=O) groups is 1. The van der Waals surface area contributed by atoms with Crippen molar-refractivity contribution in [2.45, 2.75) is 26.3 Å². The van der Waals surface area contributed by atoms with Crippen LogP contribution in [0.1, 0.15) is 19.5 Å². The number of hydrogen-bond donors (Lipinski definition) is 1. The van der Waals surface area contributed by atoms with Gasteiger partial charge in [0.25, 0.3) is 5.91 Å². The van der Waals surface area contributed by atoms with Gasteiger partial charge in [-0.25, -0.2) is 0 Å². The summed E-state index contributed by atoms with van der Waals surface area (Å²) in [4.78, 5) is 22.5. The smallest absolute Gasteiger partial charge is 0.307 e. The SMILES string of the molecule is Cc1nn(C)cc1NC(=O)C(C)(C)n1cc([N+](=O)[O-])cn1. The molecule has 2 aromatic rings. The Bertz CT molecular complexity index is 700. The lowest BCUT2D eigenvalue weighted by Gasteiger charge is -2.23. The van der Waals surface area contributed by atoms with E-state index in [0.29, 0.717) is 11.4 Å². The number of rotatable bonds is 4. The molecule has 9 heteroatoms. The molecule has 0 unspecified atom stereocenters. The monoisotopic (exact) mass is 292 g/mol. The van der Waals surface area contributed by atoms with E-state index in [2.05, 4.69) is 15.5 Å². The van der Waals surface area contributed by atoms with Crippen molar-refractivity contribution in [1.82, 2.24) is 19.6 Å². The lowest BCUT2D eigenvalue weighted by Crippen LogP contribution is -2.40. The van der Waals surface area contributed by atoms with Gasteiger partial charge in [-0.3, -0.25) is 24.3 Å². The van der Waals surface area contributed by atoms with Crippen molar-refractivity contribution < 1.29 is 9.72 Å². The first-order valence-electron chi connectivity index (χ1n) is 6.23. The summed E-state index contributed by atoms with van der Waals surface area (Å²) in [6, 6.07) is 0. The van der Waals surface area contributed by atoms with Gasteiger partial charge < -0.3 is 5.32 Å². The van der Waals surface area contributed by atoms with Crippen molar-refractivity contribution in [3.63, 3.8) is 0 Å². The standard InChI is InChI=1S/C12H16N6O3/c1-8-10(7-16(4)15-8)14-11(19)12(2,3)17-6-9(5-13-17)18(20)21/h5-7H,1-4H3,(H,14,19). The normalized spacial score (nSPS) is 11.4. The highest BCUT2D eigenvalue weighted by molar-refractivity contribution is 5.96. The van der Waals surface area contributed by atoms with Gasteiger partial charge in [-0.2, -0.15) is 10.2 Å². The molecule has 0 aliphatic heterocycles. The van der Waals surface area contributed by atoms with E-state index in [4.69, 9.17) is 0 Å². The molecular formula is C12H16N6O3. The van der Waals surface area contributed by atoms with Crippen LogP contribution in [-0.4, -0.2) is 30.4 Å². The summed E-state index contributed by atoms with van der Waals surface area (Å²) in [5, 5.41) is 21.5. The summed E-state index contributed by atoms with van der Waals surface area (Å²) in [5.41, 5.74) is 0.0510. The highest BCUT2D eigenvalue weighted by Crippen LogP contribution is 2.21. The first-order valence-corrected chi connectivity index (χ1v) is 6.23. The molecule has 0 aliphatic rings. The van der Waals surface area contributed by atoms with Crippen LogP contribution in [0.3, 0.4) is 0 Å². The topological polar surface area (TPSA) is 108 Å². The quantitative estimate of drug-likeness (QED) is 0.673. The number of carbonyl (C=O) groups excluding carboxylic acids is 1. The van der Waals surface area contributed by atoms with E-state index >= 15 is 0 Å². The third-order valence-electron chi connectivity index (χ3n) is 3.17. The highest BCUT2D eigenvalue weighted by Gasteiger charge is 2.32. The molecule has 0 saturated heterocycles. The molecule has 1 N–H and O–H groups in total. The average Bonchev–Trinajstić information content (AvgIpc) is 2.97. The van der Waals surface area contributed by atoms with Crippen LogP contribution in [0.4, 0.5) is 11.4 Å². The molecule has 1 amide bonds. The van der Waals surface area contributed by atoms with Crippen molar-refractivity contribution >= 4 is 17.3 Å². The second kappa shape index (κ2) is 5.00. The number of nitro groups is 1. The summed E-state index contributed by atoms with van der Waals surface area (Å²) in [5.74, 6) is -0.336. The first-order chi connectivity index (χ1) is 9.71. The van der Waals surface area contributed by atoms with E-state index in [0.717, 1.165) is 6.20 Å².